The number of nitrogens with one attached hydrogen (secondary N) is 2. The number of halogens is 3. The van der Waals surface area contributed by atoms with Gasteiger partial charge in [-0.05, 0) is 40.2 Å². The zero-order valence-corrected chi connectivity index (χ0v) is 12.1. The van der Waals surface area contributed by atoms with E-state index in [4.69, 9.17) is 0 Å². The fraction of sp³-hybridized carbons (Fsp3) is 0. The van der Waals surface area contributed by atoms with Crippen molar-refractivity contribution in [2.75, 3.05) is 5.32 Å². The molecule has 0 aliphatic rings. The first-order valence-corrected chi connectivity index (χ1v) is 6.59. The quantitative estimate of drug-likeness (QED) is 0.863. The van der Waals surface area contributed by atoms with Gasteiger partial charge in [-0.3, -0.25) is 10.1 Å². The normalized spacial score (nSPS) is 10.0. The van der Waals surface area contributed by atoms with Crippen LogP contribution in [0.3, 0.4) is 0 Å². The largest absolute Gasteiger partial charge is 0.326 e. The Balaban J connectivity index is 2.10. The molecule has 0 saturated heterocycles. The van der Waals surface area contributed by atoms with E-state index in [1.807, 2.05) is 5.32 Å². The number of anilines is 1. The highest BCUT2D eigenvalue weighted by molar-refractivity contribution is 9.10. The monoisotopic (exact) mass is 354 g/mol. The Labute approximate surface area is 127 Å². The Hall–Kier alpha value is -2.28. The van der Waals surface area contributed by atoms with Crippen molar-refractivity contribution in [1.29, 1.82) is 0 Å². The van der Waals surface area contributed by atoms with Crippen LogP contribution in [-0.2, 0) is 0 Å². The molecule has 0 bridgehead atoms. The number of para-hydroxylation sites is 1. The molecular weight excluding hydrogens is 346 g/mol. The van der Waals surface area contributed by atoms with Crippen LogP contribution in [0.4, 0.5) is 19.3 Å². The summed E-state index contributed by atoms with van der Waals surface area (Å²) in [5.41, 5.74) is -0.392. The number of benzene rings is 2. The van der Waals surface area contributed by atoms with Gasteiger partial charge in [0.15, 0.2) is 0 Å². The van der Waals surface area contributed by atoms with E-state index >= 15 is 0 Å². The molecule has 4 nitrogen and oxygen atoms in total. The summed E-state index contributed by atoms with van der Waals surface area (Å²) in [4.78, 5) is 23.4. The van der Waals surface area contributed by atoms with Gasteiger partial charge in [0.05, 0.1) is 5.69 Å². The van der Waals surface area contributed by atoms with Crippen LogP contribution in [0.25, 0.3) is 0 Å². The number of rotatable bonds is 2. The van der Waals surface area contributed by atoms with Gasteiger partial charge in [0.25, 0.3) is 5.91 Å². The lowest BCUT2D eigenvalue weighted by Gasteiger charge is -2.09. The SMILES string of the molecule is O=C(NC(=O)c1c(F)cccc1F)Nc1ccccc1Br. The van der Waals surface area contributed by atoms with E-state index in [-0.39, 0.29) is 0 Å². The Morgan fingerprint density at radius 1 is 0.952 bits per heavy atom. The third kappa shape index (κ3) is 3.63. The van der Waals surface area contributed by atoms with Crippen LogP contribution in [0, 0.1) is 11.6 Å². The third-order valence-electron chi connectivity index (χ3n) is 2.54. The lowest BCUT2D eigenvalue weighted by molar-refractivity contribution is 0.0959. The fourth-order valence-corrected chi connectivity index (χ4v) is 1.98. The lowest BCUT2D eigenvalue weighted by atomic mass is 10.2. The average molecular weight is 355 g/mol. The highest BCUT2D eigenvalue weighted by Crippen LogP contribution is 2.21. The van der Waals surface area contributed by atoms with Crippen molar-refractivity contribution >= 4 is 33.6 Å². The van der Waals surface area contributed by atoms with Crippen molar-refractivity contribution in [2.24, 2.45) is 0 Å². The second-order valence-corrected chi connectivity index (χ2v) is 4.84. The second kappa shape index (κ2) is 6.45. The van der Waals surface area contributed by atoms with Crippen molar-refractivity contribution in [1.82, 2.24) is 5.32 Å². The number of carbonyl (C=O) groups is 2. The molecule has 0 saturated carbocycles. The van der Waals surface area contributed by atoms with E-state index in [1.165, 1.54) is 0 Å². The maximum atomic E-state index is 13.4. The molecule has 2 rings (SSSR count). The smallest absolute Gasteiger partial charge is 0.307 e. The van der Waals surface area contributed by atoms with Crippen LogP contribution < -0.4 is 10.6 Å². The zero-order valence-electron chi connectivity index (χ0n) is 10.5. The van der Waals surface area contributed by atoms with Crippen molar-refractivity contribution < 1.29 is 18.4 Å². The minimum absolute atomic E-state index is 0.414. The summed E-state index contributed by atoms with van der Waals surface area (Å²) in [6.07, 6.45) is 0. The maximum Gasteiger partial charge on any atom is 0.326 e. The van der Waals surface area contributed by atoms with Gasteiger partial charge in [0.1, 0.15) is 17.2 Å². The van der Waals surface area contributed by atoms with E-state index in [0.29, 0.717) is 10.2 Å². The number of carbonyl (C=O) groups excluding carboxylic acids is 2. The van der Waals surface area contributed by atoms with Crippen molar-refractivity contribution in [3.63, 3.8) is 0 Å². The van der Waals surface area contributed by atoms with Crippen LogP contribution in [0.2, 0.25) is 0 Å². The first-order chi connectivity index (χ1) is 9.99. The van der Waals surface area contributed by atoms with Crippen LogP contribution in [-0.4, -0.2) is 11.9 Å². The molecule has 2 N–H and O–H groups in total. The summed E-state index contributed by atoms with van der Waals surface area (Å²) in [6, 6.07) is 8.81. The maximum absolute atomic E-state index is 13.4. The van der Waals surface area contributed by atoms with E-state index < -0.39 is 29.1 Å². The fourth-order valence-electron chi connectivity index (χ4n) is 1.60. The average Bonchev–Trinajstić information content (AvgIpc) is 2.41. The van der Waals surface area contributed by atoms with Crippen LogP contribution in [0.15, 0.2) is 46.9 Å². The molecule has 0 aromatic heterocycles. The van der Waals surface area contributed by atoms with E-state index in [1.54, 1.807) is 24.3 Å². The Morgan fingerprint density at radius 3 is 2.19 bits per heavy atom. The van der Waals surface area contributed by atoms with Gasteiger partial charge in [-0.15, -0.1) is 0 Å². The van der Waals surface area contributed by atoms with Gasteiger partial charge in [-0.2, -0.15) is 0 Å². The van der Waals surface area contributed by atoms with E-state index in [0.717, 1.165) is 18.2 Å². The molecule has 108 valence electrons. The lowest BCUT2D eigenvalue weighted by Crippen LogP contribution is -2.35. The van der Waals surface area contributed by atoms with Gasteiger partial charge < -0.3 is 5.32 Å². The topological polar surface area (TPSA) is 58.2 Å². The molecule has 2 aromatic carbocycles. The van der Waals surface area contributed by atoms with Crippen LogP contribution >= 0.6 is 15.9 Å². The molecule has 0 radical (unpaired) electrons. The molecule has 0 aliphatic carbocycles. The predicted octanol–water partition coefficient (Wildman–Crippen LogP) is 3.69. The molecule has 0 atom stereocenters. The molecule has 0 heterocycles. The minimum Gasteiger partial charge on any atom is -0.307 e. The van der Waals surface area contributed by atoms with Gasteiger partial charge >= 0.3 is 6.03 Å². The van der Waals surface area contributed by atoms with E-state index in [2.05, 4.69) is 21.2 Å². The standard InChI is InChI=1S/C14H9BrF2N2O2/c15-8-4-1-2-7-11(8)18-14(21)19-13(20)12-9(16)5-3-6-10(12)17/h1-7H,(H2,18,19,20,21). The van der Waals surface area contributed by atoms with Crippen molar-refractivity contribution in [2.45, 2.75) is 0 Å². The first-order valence-electron chi connectivity index (χ1n) is 5.80. The summed E-state index contributed by atoms with van der Waals surface area (Å²) in [7, 11) is 0. The predicted molar refractivity (Wildman–Crippen MR) is 77.0 cm³/mol. The number of urea groups is 1. The van der Waals surface area contributed by atoms with Crippen molar-refractivity contribution in [3.8, 4) is 0 Å². The minimum atomic E-state index is -1.16. The van der Waals surface area contributed by atoms with Gasteiger partial charge in [-0.25, -0.2) is 13.6 Å². The first kappa shape index (κ1) is 15.1. The van der Waals surface area contributed by atoms with Gasteiger partial charge in [0.2, 0.25) is 0 Å². The molecule has 2 aromatic rings. The Kier molecular flexibility index (Phi) is 4.64. The Bertz CT molecular complexity index is 687. The number of imide groups is 1. The summed E-state index contributed by atoms with van der Waals surface area (Å²) in [6.45, 7) is 0. The summed E-state index contributed by atoms with van der Waals surface area (Å²) < 4.78 is 27.4. The third-order valence-corrected chi connectivity index (χ3v) is 3.23. The van der Waals surface area contributed by atoms with Gasteiger partial charge in [0, 0.05) is 4.47 Å². The molecule has 0 spiro atoms. The summed E-state index contributed by atoms with van der Waals surface area (Å²) in [5.74, 6) is -3.24. The molecule has 0 aliphatic heterocycles. The van der Waals surface area contributed by atoms with Crippen molar-refractivity contribution in [3.05, 3.63) is 64.1 Å². The molecule has 7 heteroatoms. The van der Waals surface area contributed by atoms with Crippen LogP contribution in [0.5, 0.6) is 0 Å². The van der Waals surface area contributed by atoms with Crippen LogP contribution in [0.1, 0.15) is 10.4 Å². The summed E-state index contributed by atoms with van der Waals surface area (Å²) >= 11 is 3.21. The molecular formula is C14H9BrF2N2O2. The summed E-state index contributed by atoms with van der Waals surface area (Å²) in [5, 5.41) is 4.25. The van der Waals surface area contributed by atoms with E-state index in [9.17, 15) is 18.4 Å². The number of hydrogen-bond donors (Lipinski definition) is 2. The highest BCUT2D eigenvalue weighted by atomic mass is 79.9. The molecule has 0 fully saturated rings. The highest BCUT2D eigenvalue weighted by Gasteiger charge is 2.19. The zero-order chi connectivity index (χ0) is 15.4. The molecule has 21 heavy (non-hydrogen) atoms. The molecule has 0 unspecified atom stereocenters. The molecule has 3 amide bonds. The number of amides is 3. The second-order valence-electron chi connectivity index (χ2n) is 3.98. The Morgan fingerprint density at radius 2 is 1.57 bits per heavy atom. The van der Waals surface area contributed by atoms with Gasteiger partial charge in [-0.1, -0.05) is 18.2 Å². The number of hydrogen-bond acceptors (Lipinski definition) is 2.